The summed E-state index contributed by atoms with van der Waals surface area (Å²) < 4.78 is 0. The Hall–Kier alpha value is -0.640. The van der Waals surface area contributed by atoms with E-state index in [0.717, 1.165) is 6.54 Å². The van der Waals surface area contributed by atoms with E-state index in [1.807, 2.05) is 22.7 Å². The third-order valence-corrected chi connectivity index (χ3v) is 4.66. The van der Waals surface area contributed by atoms with E-state index >= 15 is 0 Å². The molecule has 0 bridgehead atoms. The Balaban J connectivity index is 1.99. The molecule has 2 aromatic rings. The molecular weight excluding hydrogens is 246 g/mol. The van der Waals surface area contributed by atoms with E-state index in [-0.39, 0.29) is 0 Å². The third kappa shape index (κ3) is 3.66. The van der Waals surface area contributed by atoms with E-state index in [0.29, 0.717) is 6.04 Å². The number of hydrogen-bond donors (Lipinski definition) is 1. The highest BCUT2D eigenvalue weighted by Gasteiger charge is 2.14. The van der Waals surface area contributed by atoms with Gasteiger partial charge in [-0.1, -0.05) is 31.9 Å². The van der Waals surface area contributed by atoms with Gasteiger partial charge >= 0.3 is 0 Å². The van der Waals surface area contributed by atoms with E-state index < -0.39 is 0 Å². The van der Waals surface area contributed by atoms with Gasteiger partial charge in [-0.3, -0.25) is 0 Å². The lowest BCUT2D eigenvalue weighted by Gasteiger charge is -2.15. The monoisotopic (exact) mass is 265 g/mol. The molecule has 0 amide bonds. The maximum atomic E-state index is 3.68. The van der Waals surface area contributed by atoms with E-state index in [4.69, 9.17) is 0 Å². The predicted molar refractivity (Wildman–Crippen MR) is 78.0 cm³/mol. The largest absolute Gasteiger partial charge is 0.305 e. The molecule has 3 heteroatoms. The molecule has 2 heterocycles. The molecule has 2 rings (SSSR count). The van der Waals surface area contributed by atoms with Gasteiger partial charge in [0.25, 0.3) is 0 Å². The lowest BCUT2D eigenvalue weighted by molar-refractivity contribution is 0.575. The van der Waals surface area contributed by atoms with Gasteiger partial charge in [0.05, 0.1) is 6.04 Å². The van der Waals surface area contributed by atoms with E-state index in [2.05, 4.69) is 47.3 Å². The summed E-state index contributed by atoms with van der Waals surface area (Å²) in [6, 6.07) is 9.11. The van der Waals surface area contributed by atoms with Crippen molar-refractivity contribution in [3.63, 3.8) is 0 Å². The van der Waals surface area contributed by atoms with Gasteiger partial charge in [0.15, 0.2) is 0 Å². The van der Waals surface area contributed by atoms with Crippen LogP contribution in [0.3, 0.4) is 0 Å². The highest BCUT2D eigenvalue weighted by atomic mass is 32.1. The van der Waals surface area contributed by atoms with Gasteiger partial charge in [0, 0.05) is 9.75 Å². The van der Waals surface area contributed by atoms with Crippen LogP contribution in [0.2, 0.25) is 0 Å². The fourth-order valence-corrected chi connectivity index (χ4v) is 3.58. The van der Waals surface area contributed by atoms with Crippen LogP contribution in [0.25, 0.3) is 0 Å². The van der Waals surface area contributed by atoms with Crippen LogP contribution in [0.5, 0.6) is 0 Å². The summed E-state index contributed by atoms with van der Waals surface area (Å²) in [5.74, 6) is 0. The summed E-state index contributed by atoms with van der Waals surface area (Å²) in [7, 11) is 0. The number of thiophene rings is 2. The van der Waals surface area contributed by atoms with Gasteiger partial charge in [0.1, 0.15) is 0 Å². The summed E-state index contributed by atoms with van der Waals surface area (Å²) in [5.41, 5.74) is 0. The minimum absolute atomic E-state index is 0.395. The highest BCUT2D eigenvalue weighted by Crippen LogP contribution is 2.28. The lowest BCUT2D eigenvalue weighted by atomic mass is 10.2. The van der Waals surface area contributed by atoms with Crippen LogP contribution >= 0.6 is 22.7 Å². The third-order valence-electron chi connectivity index (χ3n) is 2.78. The first-order chi connectivity index (χ1) is 8.42. The van der Waals surface area contributed by atoms with Crippen LogP contribution in [0.15, 0.2) is 35.0 Å². The zero-order chi connectivity index (χ0) is 11.9. The number of unbranched alkanes of at least 4 members (excludes halogenated alkanes) is 2. The zero-order valence-corrected chi connectivity index (χ0v) is 11.8. The smallest absolute Gasteiger partial charge is 0.0764 e. The van der Waals surface area contributed by atoms with Crippen molar-refractivity contribution in [3.8, 4) is 0 Å². The standard InChI is InChI=1S/C14H19NS2/c1-2-3-4-9-15-14(12-7-5-10-16-12)13-8-6-11-17-13/h5-8,10-11,14-15H,2-4,9H2,1H3. The van der Waals surface area contributed by atoms with Crippen molar-refractivity contribution in [1.82, 2.24) is 5.32 Å². The van der Waals surface area contributed by atoms with Crippen molar-refractivity contribution in [2.75, 3.05) is 6.54 Å². The van der Waals surface area contributed by atoms with Crippen molar-refractivity contribution in [1.29, 1.82) is 0 Å². The zero-order valence-electron chi connectivity index (χ0n) is 10.2. The van der Waals surface area contributed by atoms with E-state index in [1.54, 1.807) is 0 Å². The van der Waals surface area contributed by atoms with Crippen molar-refractivity contribution in [2.45, 2.75) is 32.2 Å². The van der Waals surface area contributed by atoms with Crippen LogP contribution in [0.4, 0.5) is 0 Å². The summed E-state index contributed by atoms with van der Waals surface area (Å²) >= 11 is 3.67. The average molecular weight is 265 g/mol. The molecule has 92 valence electrons. The Bertz CT molecular complexity index is 358. The quantitative estimate of drug-likeness (QED) is 0.717. The molecule has 2 aromatic heterocycles. The van der Waals surface area contributed by atoms with Crippen molar-refractivity contribution in [2.24, 2.45) is 0 Å². The Labute approximate surface area is 112 Å². The molecule has 0 saturated heterocycles. The number of rotatable bonds is 7. The molecule has 0 unspecified atom stereocenters. The van der Waals surface area contributed by atoms with Crippen LogP contribution in [0, 0.1) is 0 Å². The van der Waals surface area contributed by atoms with Gasteiger partial charge in [-0.25, -0.2) is 0 Å². The SMILES string of the molecule is CCCCCNC(c1cccs1)c1cccs1. The van der Waals surface area contributed by atoms with E-state index in [1.165, 1.54) is 29.0 Å². The molecule has 0 atom stereocenters. The highest BCUT2D eigenvalue weighted by molar-refractivity contribution is 7.11. The van der Waals surface area contributed by atoms with Crippen LogP contribution in [-0.4, -0.2) is 6.54 Å². The molecular formula is C14H19NS2. The molecule has 0 aliphatic rings. The van der Waals surface area contributed by atoms with Crippen LogP contribution < -0.4 is 5.32 Å². The minimum atomic E-state index is 0.395. The lowest BCUT2D eigenvalue weighted by Crippen LogP contribution is -2.21. The Morgan fingerprint density at radius 1 is 1.06 bits per heavy atom. The van der Waals surface area contributed by atoms with Gasteiger partial charge in [-0.05, 0) is 35.9 Å². The van der Waals surface area contributed by atoms with Crippen molar-refractivity contribution < 1.29 is 0 Å². The molecule has 0 fully saturated rings. The van der Waals surface area contributed by atoms with Crippen molar-refractivity contribution >= 4 is 22.7 Å². The Morgan fingerprint density at radius 3 is 2.18 bits per heavy atom. The maximum Gasteiger partial charge on any atom is 0.0764 e. The number of hydrogen-bond acceptors (Lipinski definition) is 3. The van der Waals surface area contributed by atoms with Crippen LogP contribution in [-0.2, 0) is 0 Å². The van der Waals surface area contributed by atoms with Crippen LogP contribution in [0.1, 0.15) is 42.0 Å². The summed E-state index contributed by atoms with van der Waals surface area (Å²) in [5, 5.41) is 7.99. The molecule has 0 saturated carbocycles. The molecule has 0 aliphatic carbocycles. The first-order valence-electron chi connectivity index (χ1n) is 6.22. The summed E-state index contributed by atoms with van der Waals surface area (Å²) in [4.78, 5) is 2.84. The molecule has 0 radical (unpaired) electrons. The van der Waals surface area contributed by atoms with Gasteiger partial charge in [-0.15, -0.1) is 22.7 Å². The van der Waals surface area contributed by atoms with Gasteiger partial charge in [0.2, 0.25) is 0 Å². The second kappa shape index (κ2) is 6.94. The molecule has 1 N–H and O–H groups in total. The van der Waals surface area contributed by atoms with Gasteiger partial charge < -0.3 is 5.32 Å². The number of nitrogens with one attached hydrogen (secondary N) is 1. The fourth-order valence-electron chi connectivity index (χ4n) is 1.87. The molecule has 17 heavy (non-hydrogen) atoms. The molecule has 0 aliphatic heterocycles. The second-order valence-electron chi connectivity index (χ2n) is 4.13. The first-order valence-corrected chi connectivity index (χ1v) is 7.98. The first kappa shape index (κ1) is 12.8. The average Bonchev–Trinajstić information content (AvgIpc) is 3.02. The predicted octanol–water partition coefficient (Wildman–Crippen LogP) is 4.68. The normalized spacial score (nSPS) is 11.2. The Morgan fingerprint density at radius 2 is 1.71 bits per heavy atom. The minimum Gasteiger partial charge on any atom is -0.305 e. The molecule has 1 nitrogen and oxygen atoms in total. The molecule has 0 spiro atoms. The van der Waals surface area contributed by atoms with Gasteiger partial charge in [-0.2, -0.15) is 0 Å². The fraction of sp³-hybridized carbons (Fsp3) is 0.429. The Kier molecular flexibility index (Phi) is 5.23. The summed E-state index contributed by atoms with van der Waals surface area (Å²) in [6.07, 6.45) is 3.86. The molecule has 0 aromatic carbocycles. The van der Waals surface area contributed by atoms with E-state index in [9.17, 15) is 0 Å². The van der Waals surface area contributed by atoms with Crippen molar-refractivity contribution in [3.05, 3.63) is 44.8 Å². The maximum absolute atomic E-state index is 3.68. The topological polar surface area (TPSA) is 12.0 Å². The summed E-state index contributed by atoms with van der Waals surface area (Å²) in [6.45, 7) is 3.35. The second-order valence-corrected chi connectivity index (χ2v) is 6.08.